The molecule has 2 aliphatic heterocycles. The first-order valence-corrected chi connectivity index (χ1v) is 10.1. The van der Waals surface area contributed by atoms with Gasteiger partial charge in [0.15, 0.2) is 0 Å². The summed E-state index contributed by atoms with van der Waals surface area (Å²) >= 11 is 5.99. The zero-order valence-electron chi connectivity index (χ0n) is 15.9. The van der Waals surface area contributed by atoms with E-state index in [9.17, 15) is 4.79 Å². The third-order valence-corrected chi connectivity index (χ3v) is 5.79. The summed E-state index contributed by atoms with van der Waals surface area (Å²) in [4.78, 5) is 15.1. The van der Waals surface area contributed by atoms with Gasteiger partial charge in [-0.05, 0) is 30.7 Å². The zero-order chi connectivity index (χ0) is 19.5. The Morgan fingerprint density at radius 1 is 1.18 bits per heavy atom. The molecule has 1 N–H and O–H groups in total. The lowest BCUT2D eigenvalue weighted by Gasteiger charge is -2.37. The predicted molar refractivity (Wildman–Crippen MR) is 109 cm³/mol. The van der Waals surface area contributed by atoms with E-state index in [4.69, 9.17) is 21.1 Å². The van der Waals surface area contributed by atoms with E-state index in [0.717, 1.165) is 29.8 Å². The second-order valence-corrected chi connectivity index (χ2v) is 7.75. The molecule has 0 unspecified atom stereocenters. The number of fused-ring (bicyclic) bond motifs is 1. The number of hydrogen-bond donors (Lipinski definition) is 1. The summed E-state index contributed by atoms with van der Waals surface area (Å²) in [6, 6.07) is 15.4. The molecule has 148 valence electrons. The van der Waals surface area contributed by atoms with Crippen LogP contribution >= 0.6 is 11.6 Å². The molecule has 0 aromatic heterocycles. The van der Waals surface area contributed by atoms with E-state index in [1.165, 1.54) is 0 Å². The molecule has 28 heavy (non-hydrogen) atoms. The molecule has 2 aromatic carbocycles. The maximum atomic E-state index is 13.0. The third-order valence-electron chi connectivity index (χ3n) is 5.54. The number of carbonyl (C=O) groups excluding carboxylic acids is 1. The zero-order valence-corrected chi connectivity index (χ0v) is 16.7. The van der Waals surface area contributed by atoms with E-state index < -0.39 is 0 Å². The number of para-hydroxylation sites is 1. The van der Waals surface area contributed by atoms with E-state index in [1.54, 1.807) is 0 Å². The largest absolute Gasteiger partial charge is 0.493 e. The Labute approximate surface area is 170 Å². The molecular formula is C22H25ClN2O3. The Morgan fingerprint density at radius 2 is 1.96 bits per heavy atom. The van der Waals surface area contributed by atoms with Crippen molar-refractivity contribution in [2.45, 2.75) is 31.5 Å². The summed E-state index contributed by atoms with van der Waals surface area (Å²) in [5.41, 5.74) is 2.13. The van der Waals surface area contributed by atoms with Crippen molar-refractivity contribution in [2.24, 2.45) is 0 Å². The second-order valence-electron chi connectivity index (χ2n) is 7.32. The smallest absolute Gasteiger partial charge is 0.237 e. The van der Waals surface area contributed by atoms with E-state index in [0.29, 0.717) is 24.8 Å². The van der Waals surface area contributed by atoms with Crippen LogP contribution in [0.3, 0.4) is 0 Å². The fourth-order valence-corrected chi connectivity index (χ4v) is 3.98. The van der Waals surface area contributed by atoms with Crippen molar-refractivity contribution in [1.82, 2.24) is 10.2 Å². The van der Waals surface area contributed by atoms with Gasteiger partial charge in [-0.2, -0.15) is 0 Å². The molecule has 5 nitrogen and oxygen atoms in total. The van der Waals surface area contributed by atoms with Crippen LogP contribution in [0.4, 0.5) is 0 Å². The van der Waals surface area contributed by atoms with E-state index in [2.05, 4.69) is 10.2 Å². The maximum Gasteiger partial charge on any atom is 0.237 e. The van der Waals surface area contributed by atoms with Gasteiger partial charge in [0.1, 0.15) is 5.75 Å². The standard InChI is InChI=1S/C22H25ClN2O3/c1-15(22(26)24-19-10-12-27-20-5-3-2-4-18(19)20)25-11-13-28-21(14-25)16-6-8-17(23)9-7-16/h2-9,15,19,21H,10-14H2,1H3,(H,24,26)/t15-,19+,21-/m1/s1. The molecular weight excluding hydrogens is 376 g/mol. The minimum atomic E-state index is -0.228. The first kappa shape index (κ1) is 19.2. The SMILES string of the molecule is C[C@H](C(=O)N[C@H]1CCOc2ccccc21)N1CCO[C@@H](c2ccc(Cl)cc2)C1. The van der Waals surface area contributed by atoms with E-state index in [1.807, 2.05) is 55.5 Å². The maximum absolute atomic E-state index is 13.0. The normalized spacial score (nSPS) is 23.4. The molecule has 2 aliphatic rings. The van der Waals surface area contributed by atoms with Crippen LogP contribution in [0.25, 0.3) is 0 Å². The fourth-order valence-electron chi connectivity index (χ4n) is 3.85. The molecule has 0 bridgehead atoms. The Kier molecular flexibility index (Phi) is 5.85. The van der Waals surface area contributed by atoms with Gasteiger partial charge >= 0.3 is 0 Å². The molecule has 2 aromatic rings. The topological polar surface area (TPSA) is 50.8 Å². The van der Waals surface area contributed by atoms with Crippen LogP contribution in [0.5, 0.6) is 5.75 Å². The summed E-state index contributed by atoms with van der Waals surface area (Å²) in [6.45, 7) is 4.60. The Bertz CT molecular complexity index is 827. The Hall–Kier alpha value is -2.08. The summed E-state index contributed by atoms with van der Waals surface area (Å²) in [6.07, 6.45) is 0.733. The van der Waals surface area contributed by atoms with Crippen molar-refractivity contribution in [3.05, 3.63) is 64.7 Å². The first-order chi connectivity index (χ1) is 13.6. The van der Waals surface area contributed by atoms with Crippen LogP contribution in [0.15, 0.2) is 48.5 Å². The lowest BCUT2D eigenvalue weighted by atomic mass is 10.00. The van der Waals surface area contributed by atoms with Crippen molar-refractivity contribution in [3.63, 3.8) is 0 Å². The van der Waals surface area contributed by atoms with Crippen LogP contribution in [-0.2, 0) is 9.53 Å². The van der Waals surface area contributed by atoms with Gasteiger partial charge in [0.05, 0.1) is 31.4 Å². The fraction of sp³-hybridized carbons (Fsp3) is 0.409. The molecule has 0 aliphatic carbocycles. The third kappa shape index (κ3) is 4.17. The summed E-state index contributed by atoms with van der Waals surface area (Å²) in [5.74, 6) is 0.902. The highest BCUT2D eigenvalue weighted by atomic mass is 35.5. The van der Waals surface area contributed by atoms with Crippen LogP contribution < -0.4 is 10.1 Å². The van der Waals surface area contributed by atoms with Gasteiger partial charge in [0, 0.05) is 30.1 Å². The van der Waals surface area contributed by atoms with Gasteiger partial charge in [-0.15, -0.1) is 0 Å². The van der Waals surface area contributed by atoms with Crippen molar-refractivity contribution in [2.75, 3.05) is 26.3 Å². The van der Waals surface area contributed by atoms with E-state index >= 15 is 0 Å². The number of hydrogen-bond acceptors (Lipinski definition) is 4. The molecule has 0 saturated carbocycles. The van der Waals surface area contributed by atoms with Gasteiger partial charge < -0.3 is 14.8 Å². The highest BCUT2D eigenvalue weighted by Crippen LogP contribution is 2.32. The molecule has 1 fully saturated rings. The summed E-state index contributed by atoms with van der Waals surface area (Å²) < 4.78 is 11.6. The molecule has 1 saturated heterocycles. The quantitative estimate of drug-likeness (QED) is 0.849. The summed E-state index contributed by atoms with van der Waals surface area (Å²) in [7, 11) is 0. The molecule has 2 heterocycles. The van der Waals surface area contributed by atoms with E-state index in [-0.39, 0.29) is 24.1 Å². The number of amides is 1. The van der Waals surface area contributed by atoms with Gasteiger partial charge in [0.25, 0.3) is 0 Å². The number of morpholine rings is 1. The number of carbonyl (C=O) groups is 1. The van der Waals surface area contributed by atoms with Gasteiger partial charge in [-0.1, -0.05) is 41.9 Å². The summed E-state index contributed by atoms with van der Waals surface area (Å²) in [5, 5.41) is 3.92. The van der Waals surface area contributed by atoms with Crippen molar-refractivity contribution < 1.29 is 14.3 Å². The Balaban J connectivity index is 1.40. The van der Waals surface area contributed by atoms with Gasteiger partial charge in [-0.3, -0.25) is 9.69 Å². The van der Waals surface area contributed by atoms with Crippen molar-refractivity contribution in [3.8, 4) is 5.75 Å². The number of halogens is 1. The predicted octanol–water partition coefficient (Wildman–Crippen LogP) is 3.74. The van der Waals surface area contributed by atoms with Crippen LogP contribution in [0.1, 0.15) is 36.6 Å². The van der Waals surface area contributed by atoms with Crippen LogP contribution in [0.2, 0.25) is 5.02 Å². The van der Waals surface area contributed by atoms with Crippen molar-refractivity contribution in [1.29, 1.82) is 0 Å². The highest BCUT2D eigenvalue weighted by molar-refractivity contribution is 6.30. The number of rotatable bonds is 4. The number of benzene rings is 2. The molecule has 4 rings (SSSR count). The number of ether oxygens (including phenoxy) is 2. The minimum absolute atomic E-state index is 0.00648. The minimum Gasteiger partial charge on any atom is -0.493 e. The first-order valence-electron chi connectivity index (χ1n) is 9.75. The monoisotopic (exact) mass is 400 g/mol. The van der Waals surface area contributed by atoms with Crippen LogP contribution in [-0.4, -0.2) is 43.2 Å². The van der Waals surface area contributed by atoms with Crippen molar-refractivity contribution >= 4 is 17.5 Å². The highest BCUT2D eigenvalue weighted by Gasteiger charge is 2.31. The molecule has 3 atom stereocenters. The number of nitrogens with one attached hydrogen (secondary N) is 1. The number of nitrogens with zero attached hydrogens (tertiary/aromatic N) is 1. The lowest BCUT2D eigenvalue weighted by Crippen LogP contribution is -2.51. The Morgan fingerprint density at radius 3 is 2.79 bits per heavy atom. The molecule has 1 amide bonds. The van der Waals surface area contributed by atoms with Gasteiger partial charge in [0.2, 0.25) is 5.91 Å². The average molecular weight is 401 g/mol. The molecule has 0 spiro atoms. The average Bonchev–Trinajstić information content (AvgIpc) is 2.74. The van der Waals surface area contributed by atoms with Gasteiger partial charge in [-0.25, -0.2) is 0 Å². The molecule has 0 radical (unpaired) electrons. The second kappa shape index (κ2) is 8.52. The lowest BCUT2D eigenvalue weighted by molar-refractivity contribution is -0.130. The molecule has 6 heteroatoms. The van der Waals surface area contributed by atoms with Crippen LogP contribution in [0, 0.1) is 0 Å².